The van der Waals surface area contributed by atoms with E-state index in [9.17, 15) is 0 Å². The molecule has 1 aromatic rings. The van der Waals surface area contributed by atoms with E-state index in [1.807, 2.05) is 26.0 Å². The average molecular weight is 290 g/mol. The van der Waals surface area contributed by atoms with Gasteiger partial charge in [-0.2, -0.15) is 4.98 Å². The highest BCUT2D eigenvalue weighted by molar-refractivity contribution is 5.54. The van der Waals surface area contributed by atoms with Gasteiger partial charge in [-0.3, -0.25) is 0 Å². The molecule has 0 bridgehead atoms. The molecule has 1 aromatic heterocycles. The Morgan fingerprint density at radius 2 is 2.19 bits per heavy atom. The van der Waals surface area contributed by atoms with Gasteiger partial charge in [0.2, 0.25) is 5.88 Å². The van der Waals surface area contributed by atoms with E-state index in [1.165, 1.54) is 38.8 Å². The molecular weight excluding hydrogens is 264 g/mol. The molecule has 0 spiro atoms. The second kappa shape index (κ2) is 6.10. The number of anilines is 2. The lowest BCUT2D eigenvalue weighted by Gasteiger charge is -2.35. The van der Waals surface area contributed by atoms with Crippen LogP contribution in [-0.2, 0) is 0 Å². The number of ether oxygens (including phenoxy) is 1. The van der Waals surface area contributed by atoms with Gasteiger partial charge in [-0.1, -0.05) is 0 Å². The summed E-state index contributed by atoms with van der Waals surface area (Å²) >= 11 is 0. The number of nitrogens with one attached hydrogen (secondary N) is 1. The van der Waals surface area contributed by atoms with E-state index in [0.717, 1.165) is 11.9 Å². The first-order chi connectivity index (χ1) is 10.1. The summed E-state index contributed by atoms with van der Waals surface area (Å²) in [5.74, 6) is 1.41. The largest absolute Gasteiger partial charge is 0.473 e. The summed E-state index contributed by atoms with van der Waals surface area (Å²) in [7, 11) is 0. The maximum Gasteiger partial charge on any atom is 0.239 e. The molecular formula is C16H26N4O. The van der Waals surface area contributed by atoms with Crippen LogP contribution in [0.3, 0.4) is 0 Å². The molecule has 5 heteroatoms. The van der Waals surface area contributed by atoms with Gasteiger partial charge in [0.1, 0.15) is 5.82 Å². The lowest BCUT2D eigenvalue weighted by atomic mass is 9.97. The zero-order chi connectivity index (χ0) is 14.8. The van der Waals surface area contributed by atoms with Gasteiger partial charge >= 0.3 is 0 Å². The van der Waals surface area contributed by atoms with Crippen LogP contribution in [0, 0.1) is 0 Å². The molecule has 0 saturated carbocycles. The highest BCUT2D eigenvalue weighted by Gasteiger charge is 2.31. The Kier molecular flexibility index (Phi) is 4.19. The predicted molar refractivity (Wildman–Crippen MR) is 85.7 cm³/mol. The molecule has 116 valence electrons. The van der Waals surface area contributed by atoms with Gasteiger partial charge in [0.25, 0.3) is 0 Å². The Morgan fingerprint density at radius 3 is 3.00 bits per heavy atom. The highest BCUT2D eigenvalue weighted by atomic mass is 16.5. The number of hydrogen-bond acceptors (Lipinski definition) is 5. The van der Waals surface area contributed by atoms with Crippen molar-refractivity contribution in [3.8, 4) is 5.88 Å². The fraction of sp³-hybridized carbons (Fsp3) is 0.688. The van der Waals surface area contributed by atoms with Crippen molar-refractivity contribution < 1.29 is 4.74 Å². The predicted octanol–water partition coefficient (Wildman–Crippen LogP) is 2.49. The maximum atomic E-state index is 5.92. The summed E-state index contributed by atoms with van der Waals surface area (Å²) in [6.45, 7) is 6.45. The first-order valence-electron chi connectivity index (χ1n) is 8.05. The molecule has 2 saturated heterocycles. The van der Waals surface area contributed by atoms with Gasteiger partial charge in [0.05, 0.1) is 11.8 Å². The number of hydrogen-bond donors (Lipinski definition) is 2. The zero-order valence-electron chi connectivity index (χ0n) is 13.0. The van der Waals surface area contributed by atoms with Crippen LogP contribution in [0.5, 0.6) is 5.88 Å². The molecule has 0 amide bonds. The molecule has 3 N–H and O–H groups in total. The van der Waals surface area contributed by atoms with E-state index in [-0.39, 0.29) is 6.10 Å². The monoisotopic (exact) mass is 290 g/mol. The highest BCUT2D eigenvalue weighted by Crippen LogP contribution is 2.29. The van der Waals surface area contributed by atoms with Crippen molar-refractivity contribution in [2.45, 2.75) is 57.7 Å². The first kappa shape index (κ1) is 14.4. The quantitative estimate of drug-likeness (QED) is 0.892. The number of piperidine rings is 1. The van der Waals surface area contributed by atoms with Crippen LogP contribution in [0.25, 0.3) is 0 Å². The number of nitrogen functional groups attached to an aromatic ring is 1. The standard InChI is InChI=1S/C16H26N4O/c1-11(2)21-16-14(17)5-6-15(19-16)18-12-7-9-20-8-3-4-13(20)10-12/h5-6,11-13H,3-4,7-10,17H2,1-2H3,(H,18,19). The third-order valence-electron chi connectivity index (χ3n) is 4.41. The summed E-state index contributed by atoms with van der Waals surface area (Å²) in [6, 6.07) is 5.09. The van der Waals surface area contributed by atoms with Crippen molar-refractivity contribution in [2.75, 3.05) is 24.1 Å². The number of nitrogens with two attached hydrogens (primary N) is 1. The molecule has 3 rings (SSSR count). The minimum Gasteiger partial charge on any atom is -0.473 e. The molecule has 0 aromatic carbocycles. The molecule has 2 unspecified atom stereocenters. The Balaban J connectivity index is 1.64. The SMILES string of the molecule is CC(C)Oc1nc(NC2CCN3CCCC3C2)ccc1N. The van der Waals surface area contributed by atoms with Crippen LogP contribution in [0.2, 0.25) is 0 Å². The van der Waals surface area contributed by atoms with Gasteiger partial charge in [-0.05, 0) is 58.2 Å². The number of aromatic nitrogens is 1. The van der Waals surface area contributed by atoms with E-state index in [1.54, 1.807) is 0 Å². The van der Waals surface area contributed by atoms with Gasteiger partial charge < -0.3 is 20.7 Å². The lowest BCUT2D eigenvalue weighted by Crippen LogP contribution is -2.42. The molecule has 2 fully saturated rings. The minimum absolute atomic E-state index is 0.0803. The Bertz CT molecular complexity index is 491. The summed E-state index contributed by atoms with van der Waals surface area (Å²) in [4.78, 5) is 7.15. The normalized spacial score (nSPS) is 25.9. The van der Waals surface area contributed by atoms with Gasteiger partial charge in [0, 0.05) is 18.6 Å². The van der Waals surface area contributed by atoms with E-state index in [0.29, 0.717) is 17.6 Å². The van der Waals surface area contributed by atoms with Crippen LogP contribution >= 0.6 is 0 Å². The number of rotatable bonds is 4. The average Bonchev–Trinajstić information content (AvgIpc) is 2.89. The second-order valence-electron chi connectivity index (χ2n) is 6.46. The minimum atomic E-state index is 0.0803. The Hall–Kier alpha value is -1.49. The van der Waals surface area contributed by atoms with Gasteiger partial charge in [-0.25, -0.2) is 0 Å². The Labute approximate surface area is 126 Å². The van der Waals surface area contributed by atoms with Crippen LogP contribution in [0.1, 0.15) is 39.5 Å². The molecule has 3 heterocycles. The number of nitrogens with zero attached hydrogens (tertiary/aromatic N) is 2. The Morgan fingerprint density at radius 1 is 1.33 bits per heavy atom. The smallest absolute Gasteiger partial charge is 0.239 e. The molecule has 2 aliphatic rings. The number of pyridine rings is 1. The zero-order valence-corrected chi connectivity index (χ0v) is 13.0. The fourth-order valence-electron chi connectivity index (χ4n) is 3.41. The maximum absolute atomic E-state index is 5.92. The third kappa shape index (κ3) is 3.40. The molecule has 2 atom stereocenters. The molecule has 0 radical (unpaired) electrons. The number of fused-ring (bicyclic) bond motifs is 1. The van der Waals surface area contributed by atoms with Crippen LogP contribution in [-0.4, -0.2) is 41.2 Å². The van der Waals surface area contributed by atoms with E-state index < -0.39 is 0 Å². The lowest BCUT2D eigenvalue weighted by molar-refractivity contribution is 0.188. The summed E-state index contributed by atoms with van der Waals surface area (Å²) in [6.07, 6.45) is 5.17. The van der Waals surface area contributed by atoms with Crippen molar-refractivity contribution in [3.05, 3.63) is 12.1 Å². The summed E-state index contributed by atoms with van der Waals surface area (Å²) in [5.41, 5.74) is 6.52. The summed E-state index contributed by atoms with van der Waals surface area (Å²) < 4.78 is 5.66. The van der Waals surface area contributed by atoms with Crippen LogP contribution in [0.4, 0.5) is 11.5 Å². The van der Waals surface area contributed by atoms with E-state index in [2.05, 4.69) is 15.2 Å². The van der Waals surface area contributed by atoms with Gasteiger partial charge in [0.15, 0.2) is 0 Å². The van der Waals surface area contributed by atoms with E-state index >= 15 is 0 Å². The molecule has 0 aliphatic carbocycles. The topological polar surface area (TPSA) is 63.4 Å². The molecule has 21 heavy (non-hydrogen) atoms. The van der Waals surface area contributed by atoms with Crippen molar-refractivity contribution >= 4 is 11.5 Å². The van der Waals surface area contributed by atoms with Crippen LogP contribution < -0.4 is 15.8 Å². The summed E-state index contributed by atoms with van der Waals surface area (Å²) in [5, 5.41) is 3.56. The van der Waals surface area contributed by atoms with E-state index in [4.69, 9.17) is 10.5 Å². The van der Waals surface area contributed by atoms with Crippen molar-refractivity contribution in [3.63, 3.8) is 0 Å². The van der Waals surface area contributed by atoms with Crippen molar-refractivity contribution in [1.29, 1.82) is 0 Å². The van der Waals surface area contributed by atoms with Gasteiger partial charge in [-0.15, -0.1) is 0 Å². The fourth-order valence-corrected chi connectivity index (χ4v) is 3.41. The third-order valence-corrected chi connectivity index (χ3v) is 4.41. The first-order valence-corrected chi connectivity index (χ1v) is 8.05. The molecule has 2 aliphatic heterocycles. The second-order valence-corrected chi connectivity index (χ2v) is 6.46. The molecule has 5 nitrogen and oxygen atoms in total. The van der Waals surface area contributed by atoms with Crippen LogP contribution in [0.15, 0.2) is 12.1 Å². The van der Waals surface area contributed by atoms with Crippen molar-refractivity contribution in [2.24, 2.45) is 0 Å². The van der Waals surface area contributed by atoms with Crippen molar-refractivity contribution in [1.82, 2.24) is 9.88 Å².